The first-order chi connectivity index (χ1) is 9.65. The summed E-state index contributed by atoms with van der Waals surface area (Å²) in [7, 11) is 0. The molecule has 108 valence electrons. The molecule has 0 amide bonds. The molecule has 0 aromatic carbocycles. The fourth-order valence-corrected chi connectivity index (χ4v) is 2.57. The molecule has 0 fully saturated rings. The van der Waals surface area contributed by atoms with Crippen molar-refractivity contribution in [2.24, 2.45) is 0 Å². The number of hydrogen-bond acceptors (Lipinski definition) is 3. The van der Waals surface area contributed by atoms with Crippen LogP contribution in [0.4, 0.5) is 0 Å². The maximum Gasteiger partial charge on any atom is 0.0749 e. The lowest BCUT2D eigenvalue weighted by Gasteiger charge is -2.21. The molecule has 0 radical (unpaired) electrons. The van der Waals surface area contributed by atoms with E-state index in [-0.39, 0.29) is 6.04 Å². The standard InChI is InChI=1S/C16H24N4/c1-5-8-17-16(15-7-9-18-20(15)6-2)14-10-12(3)19-13(4)11-14/h7,9-11,16-17H,5-6,8H2,1-4H3. The zero-order valence-electron chi connectivity index (χ0n) is 12.8. The second kappa shape index (κ2) is 6.66. The van der Waals surface area contributed by atoms with Gasteiger partial charge in [0.25, 0.3) is 0 Å². The first-order valence-corrected chi connectivity index (χ1v) is 7.36. The molecule has 0 saturated heterocycles. The van der Waals surface area contributed by atoms with E-state index in [1.807, 2.05) is 20.0 Å². The highest BCUT2D eigenvalue weighted by molar-refractivity contribution is 5.30. The average Bonchev–Trinajstić information content (AvgIpc) is 2.86. The predicted octanol–water partition coefficient (Wildman–Crippen LogP) is 3.00. The van der Waals surface area contributed by atoms with Crippen molar-refractivity contribution in [1.29, 1.82) is 0 Å². The van der Waals surface area contributed by atoms with Crippen LogP contribution in [-0.4, -0.2) is 21.3 Å². The summed E-state index contributed by atoms with van der Waals surface area (Å²) in [5, 5.41) is 8.02. The number of nitrogens with zero attached hydrogens (tertiary/aromatic N) is 3. The monoisotopic (exact) mass is 272 g/mol. The summed E-state index contributed by atoms with van der Waals surface area (Å²) < 4.78 is 2.05. The summed E-state index contributed by atoms with van der Waals surface area (Å²) >= 11 is 0. The fourth-order valence-electron chi connectivity index (χ4n) is 2.57. The van der Waals surface area contributed by atoms with Gasteiger partial charge in [-0.1, -0.05) is 6.92 Å². The van der Waals surface area contributed by atoms with Crippen LogP contribution in [0, 0.1) is 13.8 Å². The average molecular weight is 272 g/mol. The van der Waals surface area contributed by atoms with Crippen LogP contribution < -0.4 is 5.32 Å². The third kappa shape index (κ3) is 3.25. The molecule has 4 heteroatoms. The Morgan fingerprint density at radius 2 is 1.90 bits per heavy atom. The van der Waals surface area contributed by atoms with Crippen molar-refractivity contribution in [2.75, 3.05) is 6.54 Å². The number of pyridine rings is 1. The van der Waals surface area contributed by atoms with Gasteiger partial charge in [0.05, 0.1) is 11.7 Å². The first kappa shape index (κ1) is 14.7. The number of aryl methyl sites for hydroxylation is 3. The molecular weight excluding hydrogens is 248 g/mol. The van der Waals surface area contributed by atoms with E-state index in [9.17, 15) is 0 Å². The molecule has 0 saturated carbocycles. The summed E-state index contributed by atoms with van der Waals surface area (Å²) in [6, 6.07) is 6.60. The molecule has 0 aliphatic heterocycles. The Morgan fingerprint density at radius 1 is 1.20 bits per heavy atom. The molecule has 20 heavy (non-hydrogen) atoms. The van der Waals surface area contributed by atoms with Gasteiger partial charge in [-0.3, -0.25) is 9.67 Å². The number of nitrogens with one attached hydrogen (secondary N) is 1. The molecule has 2 aromatic rings. The van der Waals surface area contributed by atoms with Gasteiger partial charge >= 0.3 is 0 Å². The number of hydrogen-bond donors (Lipinski definition) is 1. The van der Waals surface area contributed by atoms with Crippen molar-refractivity contribution in [2.45, 2.75) is 46.7 Å². The molecule has 0 aliphatic carbocycles. The second-order valence-corrected chi connectivity index (χ2v) is 5.14. The molecule has 1 N–H and O–H groups in total. The van der Waals surface area contributed by atoms with E-state index in [1.54, 1.807) is 0 Å². The van der Waals surface area contributed by atoms with Crippen LogP contribution in [0.15, 0.2) is 24.4 Å². The van der Waals surface area contributed by atoms with E-state index in [0.29, 0.717) is 0 Å². The highest BCUT2D eigenvalue weighted by atomic mass is 15.3. The largest absolute Gasteiger partial charge is 0.305 e. The first-order valence-electron chi connectivity index (χ1n) is 7.36. The van der Waals surface area contributed by atoms with Crippen LogP contribution in [0.2, 0.25) is 0 Å². The van der Waals surface area contributed by atoms with Crippen molar-refractivity contribution >= 4 is 0 Å². The summed E-state index contributed by atoms with van der Waals surface area (Å²) in [6.45, 7) is 10.3. The van der Waals surface area contributed by atoms with Crippen LogP contribution >= 0.6 is 0 Å². The van der Waals surface area contributed by atoms with E-state index in [0.717, 1.165) is 30.9 Å². The van der Waals surface area contributed by atoms with Crippen molar-refractivity contribution in [3.05, 3.63) is 47.0 Å². The minimum absolute atomic E-state index is 0.179. The lowest BCUT2D eigenvalue weighted by molar-refractivity contribution is 0.529. The van der Waals surface area contributed by atoms with Gasteiger partial charge < -0.3 is 5.32 Å². The highest BCUT2D eigenvalue weighted by Gasteiger charge is 2.18. The molecule has 1 atom stereocenters. The maximum atomic E-state index is 4.47. The van der Waals surface area contributed by atoms with Gasteiger partial charge in [0, 0.05) is 24.1 Å². The fraction of sp³-hybridized carbons (Fsp3) is 0.500. The van der Waals surface area contributed by atoms with E-state index >= 15 is 0 Å². The number of rotatable bonds is 6. The lowest BCUT2D eigenvalue weighted by atomic mass is 10.0. The summed E-state index contributed by atoms with van der Waals surface area (Å²) in [4.78, 5) is 4.47. The lowest BCUT2D eigenvalue weighted by Crippen LogP contribution is -2.26. The molecule has 1 unspecified atom stereocenters. The van der Waals surface area contributed by atoms with E-state index in [4.69, 9.17) is 0 Å². The second-order valence-electron chi connectivity index (χ2n) is 5.14. The minimum Gasteiger partial charge on any atom is -0.305 e. The van der Waals surface area contributed by atoms with Crippen LogP contribution in [-0.2, 0) is 6.54 Å². The quantitative estimate of drug-likeness (QED) is 0.879. The Labute approximate surface area is 121 Å². The Morgan fingerprint density at radius 3 is 2.50 bits per heavy atom. The predicted molar refractivity (Wildman–Crippen MR) is 81.7 cm³/mol. The summed E-state index contributed by atoms with van der Waals surface area (Å²) in [6.07, 6.45) is 2.99. The smallest absolute Gasteiger partial charge is 0.0749 e. The Hall–Kier alpha value is -1.68. The molecule has 0 aliphatic rings. The third-order valence-electron chi connectivity index (χ3n) is 3.38. The molecule has 0 spiro atoms. The molecule has 2 rings (SSSR count). The van der Waals surface area contributed by atoms with Crippen molar-refractivity contribution in [1.82, 2.24) is 20.1 Å². The van der Waals surface area contributed by atoms with Gasteiger partial charge in [0.2, 0.25) is 0 Å². The van der Waals surface area contributed by atoms with Crippen LogP contribution in [0.5, 0.6) is 0 Å². The third-order valence-corrected chi connectivity index (χ3v) is 3.38. The van der Waals surface area contributed by atoms with E-state index in [2.05, 4.69) is 52.1 Å². The maximum absolute atomic E-state index is 4.47. The number of aromatic nitrogens is 3. The summed E-state index contributed by atoms with van der Waals surface area (Å²) in [5.74, 6) is 0. The van der Waals surface area contributed by atoms with Gasteiger partial charge in [-0.15, -0.1) is 0 Å². The van der Waals surface area contributed by atoms with Gasteiger partial charge in [-0.25, -0.2) is 0 Å². The minimum atomic E-state index is 0.179. The Balaban J connectivity index is 2.41. The SMILES string of the molecule is CCCNC(c1cc(C)nc(C)c1)c1ccnn1CC. The zero-order valence-corrected chi connectivity index (χ0v) is 12.8. The topological polar surface area (TPSA) is 42.7 Å². The van der Waals surface area contributed by atoms with Crippen LogP contribution in [0.1, 0.15) is 49.0 Å². The molecule has 2 aromatic heterocycles. The van der Waals surface area contributed by atoms with Crippen molar-refractivity contribution in [3.8, 4) is 0 Å². The molecular formula is C16H24N4. The van der Waals surface area contributed by atoms with E-state index < -0.39 is 0 Å². The molecule has 0 bridgehead atoms. The van der Waals surface area contributed by atoms with E-state index in [1.165, 1.54) is 11.3 Å². The molecule has 2 heterocycles. The van der Waals surface area contributed by atoms with Crippen molar-refractivity contribution < 1.29 is 0 Å². The van der Waals surface area contributed by atoms with Gasteiger partial charge in [-0.05, 0) is 57.5 Å². The van der Waals surface area contributed by atoms with Gasteiger partial charge in [0.1, 0.15) is 0 Å². The zero-order chi connectivity index (χ0) is 14.5. The summed E-state index contributed by atoms with van der Waals surface area (Å²) in [5.41, 5.74) is 4.60. The highest BCUT2D eigenvalue weighted by Crippen LogP contribution is 2.23. The normalized spacial score (nSPS) is 12.6. The molecule has 4 nitrogen and oxygen atoms in total. The van der Waals surface area contributed by atoms with Crippen LogP contribution in [0.25, 0.3) is 0 Å². The Bertz CT molecular complexity index is 539. The van der Waals surface area contributed by atoms with Crippen LogP contribution in [0.3, 0.4) is 0 Å². The van der Waals surface area contributed by atoms with Gasteiger partial charge in [0.15, 0.2) is 0 Å². The van der Waals surface area contributed by atoms with Gasteiger partial charge in [-0.2, -0.15) is 5.10 Å². The Kier molecular flexibility index (Phi) is 4.90. The van der Waals surface area contributed by atoms with Crippen molar-refractivity contribution in [3.63, 3.8) is 0 Å².